The molecule has 0 heterocycles. The number of hydrogen-bond donors (Lipinski definition) is 1. The van der Waals surface area contributed by atoms with Gasteiger partial charge in [0.05, 0.1) is 5.02 Å². The van der Waals surface area contributed by atoms with Crippen LogP contribution in [0.25, 0.3) is 0 Å². The van der Waals surface area contributed by atoms with E-state index in [2.05, 4.69) is 34.5 Å². The number of benzene rings is 3. The van der Waals surface area contributed by atoms with Gasteiger partial charge in [-0.3, -0.25) is 0 Å². The molecule has 0 atom stereocenters. The molecule has 0 aliphatic carbocycles. The predicted molar refractivity (Wildman–Crippen MR) is 119 cm³/mol. The predicted octanol–water partition coefficient (Wildman–Crippen LogP) is 5.96. The van der Waals surface area contributed by atoms with Crippen molar-refractivity contribution < 1.29 is 4.39 Å². The van der Waals surface area contributed by atoms with E-state index in [1.165, 1.54) is 23.3 Å². The van der Waals surface area contributed by atoms with Gasteiger partial charge in [0.25, 0.3) is 0 Å². The van der Waals surface area contributed by atoms with Crippen LogP contribution in [0.5, 0.6) is 0 Å². The summed E-state index contributed by atoms with van der Waals surface area (Å²) in [5, 5.41) is 3.82. The molecule has 0 bridgehead atoms. The van der Waals surface area contributed by atoms with Crippen molar-refractivity contribution in [3.8, 4) is 0 Å². The number of rotatable bonds is 7. The molecule has 0 amide bonds. The van der Waals surface area contributed by atoms with E-state index in [9.17, 15) is 4.39 Å². The summed E-state index contributed by atoms with van der Waals surface area (Å²) < 4.78 is 13.7. The van der Waals surface area contributed by atoms with E-state index in [1.807, 2.05) is 36.4 Å². The van der Waals surface area contributed by atoms with Crippen LogP contribution in [0.3, 0.4) is 0 Å². The zero-order chi connectivity index (χ0) is 19.8. The normalized spacial score (nSPS) is 10.5. The molecule has 0 spiro atoms. The second-order valence-corrected chi connectivity index (χ2v) is 7.31. The Labute approximate surface area is 176 Å². The quantitative estimate of drug-likeness (QED) is 0.482. The summed E-state index contributed by atoms with van der Waals surface area (Å²) in [5.41, 5.74) is 3.11. The Balaban J connectivity index is 1.67. The Hall–Kier alpha value is -2.43. The summed E-state index contributed by atoms with van der Waals surface area (Å²) in [4.78, 5) is 2.13. The molecule has 0 saturated heterocycles. The molecule has 3 rings (SSSR count). The van der Waals surface area contributed by atoms with E-state index in [0.717, 1.165) is 25.9 Å². The highest BCUT2D eigenvalue weighted by Gasteiger charge is 2.11. The van der Waals surface area contributed by atoms with E-state index < -0.39 is 5.82 Å². The van der Waals surface area contributed by atoms with Gasteiger partial charge in [0.15, 0.2) is 5.11 Å². The first-order chi connectivity index (χ1) is 13.6. The third-order valence-corrected chi connectivity index (χ3v) is 5.15. The smallest absolute Gasteiger partial charge is 0.173 e. The fourth-order valence-corrected chi connectivity index (χ4v) is 3.33. The van der Waals surface area contributed by atoms with Crippen LogP contribution in [0.15, 0.2) is 78.9 Å². The minimum atomic E-state index is -0.463. The summed E-state index contributed by atoms with van der Waals surface area (Å²) >= 11 is 11.4. The molecule has 5 heteroatoms. The molecule has 3 aromatic rings. The summed E-state index contributed by atoms with van der Waals surface area (Å²) in [6.45, 7) is 1.55. The highest BCUT2D eigenvalue weighted by atomic mass is 35.5. The highest BCUT2D eigenvalue weighted by molar-refractivity contribution is 7.80. The van der Waals surface area contributed by atoms with E-state index in [0.29, 0.717) is 10.8 Å². The standard InChI is InChI=1S/C23H22ClFN2S/c24-21-12-11-20(17-22(21)25)26-23(28)27(15-13-18-7-3-1-4-8-18)16-14-19-9-5-2-6-10-19/h1-12,17H,13-16H2,(H,26,28). The maximum Gasteiger partial charge on any atom is 0.173 e. The SMILES string of the molecule is Fc1cc(NC(=S)N(CCc2ccccc2)CCc2ccccc2)ccc1Cl. The van der Waals surface area contributed by atoms with Crippen LogP contribution >= 0.6 is 23.8 Å². The second kappa shape index (κ2) is 10.2. The van der Waals surface area contributed by atoms with Gasteiger partial charge in [-0.25, -0.2) is 4.39 Å². The lowest BCUT2D eigenvalue weighted by atomic mass is 10.1. The lowest BCUT2D eigenvalue weighted by Gasteiger charge is -2.26. The van der Waals surface area contributed by atoms with Crippen molar-refractivity contribution in [1.29, 1.82) is 0 Å². The molecule has 2 nitrogen and oxygen atoms in total. The minimum absolute atomic E-state index is 0.0986. The summed E-state index contributed by atoms with van der Waals surface area (Å²) in [7, 11) is 0. The van der Waals surface area contributed by atoms with Crippen molar-refractivity contribution in [3.05, 3.63) is 101 Å². The van der Waals surface area contributed by atoms with Crippen molar-refractivity contribution in [2.24, 2.45) is 0 Å². The average Bonchev–Trinajstić information content (AvgIpc) is 2.72. The molecule has 0 aromatic heterocycles. The summed E-state index contributed by atoms with van der Waals surface area (Å²) in [6.07, 6.45) is 1.76. The maximum atomic E-state index is 13.7. The topological polar surface area (TPSA) is 15.3 Å². The molecule has 0 fully saturated rings. The molecular weight excluding hydrogens is 391 g/mol. The largest absolute Gasteiger partial charge is 0.348 e. The highest BCUT2D eigenvalue weighted by Crippen LogP contribution is 2.19. The maximum absolute atomic E-state index is 13.7. The number of hydrogen-bond acceptors (Lipinski definition) is 1. The fourth-order valence-electron chi connectivity index (χ4n) is 2.91. The summed E-state index contributed by atoms with van der Waals surface area (Å²) in [6, 6.07) is 25.2. The lowest BCUT2D eigenvalue weighted by Crippen LogP contribution is -2.37. The van der Waals surface area contributed by atoms with Crippen LogP contribution in [0.4, 0.5) is 10.1 Å². The fraction of sp³-hybridized carbons (Fsp3) is 0.174. The van der Waals surface area contributed by atoms with Crippen LogP contribution in [0.2, 0.25) is 5.02 Å². The molecule has 0 aliphatic rings. The minimum Gasteiger partial charge on any atom is -0.348 e. The molecule has 3 aromatic carbocycles. The Morgan fingerprint density at radius 2 is 1.39 bits per heavy atom. The third-order valence-electron chi connectivity index (χ3n) is 4.48. The number of nitrogens with one attached hydrogen (secondary N) is 1. The van der Waals surface area contributed by atoms with Crippen molar-refractivity contribution >= 4 is 34.6 Å². The molecule has 0 saturated carbocycles. The van der Waals surface area contributed by atoms with E-state index in [1.54, 1.807) is 6.07 Å². The number of halogens is 2. The first-order valence-electron chi connectivity index (χ1n) is 9.20. The van der Waals surface area contributed by atoms with Gasteiger partial charge < -0.3 is 10.2 Å². The molecule has 0 unspecified atom stereocenters. The molecule has 0 radical (unpaired) electrons. The van der Waals surface area contributed by atoms with Gasteiger partial charge in [-0.15, -0.1) is 0 Å². The van der Waals surface area contributed by atoms with Gasteiger partial charge in [-0.2, -0.15) is 0 Å². The molecule has 28 heavy (non-hydrogen) atoms. The van der Waals surface area contributed by atoms with Gasteiger partial charge >= 0.3 is 0 Å². The van der Waals surface area contributed by atoms with Crippen molar-refractivity contribution in [3.63, 3.8) is 0 Å². The van der Waals surface area contributed by atoms with E-state index in [4.69, 9.17) is 23.8 Å². The zero-order valence-corrected chi connectivity index (χ0v) is 17.0. The Kier molecular flexibility index (Phi) is 7.40. The Bertz CT molecular complexity index is 859. The first kappa shape index (κ1) is 20.3. The van der Waals surface area contributed by atoms with Gasteiger partial charge in [-0.05, 0) is 54.4 Å². The molecule has 1 N–H and O–H groups in total. The van der Waals surface area contributed by atoms with Crippen LogP contribution in [-0.2, 0) is 12.8 Å². The number of thiocarbonyl (C=S) groups is 1. The van der Waals surface area contributed by atoms with E-state index >= 15 is 0 Å². The van der Waals surface area contributed by atoms with Crippen molar-refractivity contribution in [1.82, 2.24) is 4.90 Å². The summed E-state index contributed by atoms with van der Waals surface area (Å²) in [5.74, 6) is -0.463. The van der Waals surface area contributed by atoms with Crippen LogP contribution in [0, 0.1) is 5.82 Å². The first-order valence-corrected chi connectivity index (χ1v) is 9.99. The number of anilines is 1. The zero-order valence-electron chi connectivity index (χ0n) is 15.4. The lowest BCUT2D eigenvalue weighted by molar-refractivity contribution is 0.432. The van der Waals surface area contributed by atoms with Crippen LogP contribution in [0.1, 0.15) is 11.1 Å². The van der Waals surface area contributed by atoms with Crippen LogP contribution < -0.4 is 5.32 Å². The van der Waals surface area contributed by atoms with Gasteiger partial charge in [0.2, 0.25) is 0 Å². The number of nitrogens with zero attached hydrogens (tertiary/aromatic N) is 1. The van der Waals surface area contributed by atoms with Gasteiger partial charge in [0, 0.05) is 18.8 Å². The molecular formula is C23H22ClFN2S. The molecule has 0 aliphatic heterocycles. The third kappa shape index (κ3) is 6.04. The van der Waals surface area contributed by atoms with Crippen LogP contribution in [-0.4, -0.2) is 23.1 Å². The monoisotopic (exact) mass is 412 g/mol. The Morgan fingerprint density at radius 3 is 1.89 bits per heavy atom. The molecule has 144 valence electrons. The van der Waals surface area contributed by atoms with Gasteiger partial charge in [0.1, 0.15) is 5.82 Å². The average molecular weight is 413 g/mol. The van der Waals surface area contributed by atoms with Crippen molar-refractivity contribution in [2.75, 3.05) is 18.4 Å². The van der Waals surface area contributed by atoms with Crippen molar-refractivity contribution in [2.45, 2.75) is 12.8 Å². The van der Waals surface area contributed by atoms with E-state index in [-0.39, 0.29) is 5.02 Å². The second-order valence-electron chi connectivity index (χ2n) is 6.52. The Morgan fingerprint density at radius 1 is 0.857 bits per heavy atom. The van der Waals surface area contributed by atoms with Gasteiger partial charge in [-0.1, -0.05) is 72.3 Å².